The lowest BCUT2D eigenvalue weighted by Gasteiger charge is -2.16. The molecule has 1 unspecified atom stereocenters. The lowest BCUT2D eigenvalue weighted by Crippen LogP contribution is -2.35. The Hall–Kier alpha value is -2.69. The number of carbonyl (C=O) groups excluding carboxylic acids is 2. The van der Waals surface area contributed by atoms with Gasteiger partial charge in [-0.3, -0.25) is 4.79 Å². The number of carbonyl (C=O) groups is 2. The van der Waals surface area contributed by atoms with Gasteiger partial charge in [-0.25, -0.2) is 13.6 Å². The molecule has 112 valence electrons. The number of halogens is 2. The number of benzene rings is 1. The number of urea groups is 1. The molecule has 0 heterocycles. The molecule has 0 aromatic heterocycles. The molecule has 6 nitrogen and oxygen atoms in total. The maximum atomic E-state index is 13.3. The van der Waals surface area contributed by atoms with Gasteiger partial charge in [0, 0.05) is 12.1 Å². The summed E-state index contributed by atoms with van der Waals surface area (Å²) in [6.45, 7) is 1.76. The first-order valence-corrected chi connectivity index (χ1v) is 6.12. The molecule has 0 fully saturated rings. The van der Waals surface area contributed by atoms with Gasteiger partial charge in [-0.15, -0.1) is 0 Å². The number of hydrogen-bond acceptors (Lipinski definition) is 3. The number of nitrogens with two attached hydrogens (primary N) is 1. The predicted molar refractivity (Wildman–Crippen MR) is 71.3 cm³/mol. The van der Waals surface area contributed by atoms with Crippen LogP contribution >= 0.6 is 0 Å². The molecule has 0 aliphatic carbocycles. The molecule has 1 aromatic rings. The number of anilines is 1. The minimum atomic E-state index is -1.23. The second-order valence-electron chi connectivity index (χ2n) is 4.24. The van der Waals surface area contributed by atoms with Gasteiger partial charge in [0.15, 0.2) is 11.6 Å². The lowest BCUT2D eigenvalue weighted by atomic mass is 10.1. The van der Waals surface area contributed by atoms with Gasteiger partial charge in [-0.1, -0.05) is 6.92 Å². The highest BCUT2D eigenvalue weighted by Crippen LogP contribution is 2.20. The van der Waals surface area contributed by atoms with Crippen LogP contribution in [0.15, 0.2) is 12.1 Å². The lowest BCUT2D eigenvalue weighted by molar-refractivity contribution is 0.0937. The third-order valence-electron chi connectivity index (χ3n) is 2.73. The molecule has 0 aliphatic rings. The van der Waals surface area contributed by atoms with E-state index < -0.39 is 29.6 Å². The molecule has 0 saturated carbocycles. The summed E-state index contributed by atoms with van der Waals surface area (Å²) >= 11 is 0. The van der Waals surface area contributed by atoms with Crippen molar-refractivity contribution in [3.63, 3.8) is 0 Å². The highest BCUT2D eigenvalue weighted by molar-refractivity contribution is 6.03. The minimum absolute atomic E-state index is 0.0739. The fourth-order valence-corrected chi connectivity index (χ4v) is 1.64. The molecule has 8 heteroatoms. The van der Waals surface area contributed by atoms with Crippen LogP contribution in [0.3, 0.4) is 0 Å². The van der Waals surface area contributed by atoms with E-state index in [1.165, 1.54) is 0 Å². The van der Waals surface area contributed by atoms with Gasteiger partial charge >= 0.3 is 6.03 Å². The SMILES string of the molecule is CCC(CC#N)NC(=O)c1cc(F)c(F)cc1NC(N)=O. The summed E-state index contributed by atoms with van der Waals surface area (Å²) in [5.74, 6) is -3.19. The minimum Gasteiger partial charge on any atom is -0.351 e. The summed E-state index contributed by atoms with van der Waals surface area (Å²) in [7, 11) is 0. The number of nitrogens with one attached hydrogen (secondary N) is 2. The molecule has 21 heavy (non-hydrogen) atoms. The van der Waals surface area contributed by atoms with Crippen LogP contribution in [0.4, 0.5) is 19.3 Å². The van der Waals surface area contributed by atoms with Gasteiger partial charge in [-0.2, -0.15) is 5.26 Å². The monoisotopic (exact) mass is 296 g/mol. The van der Waals surface area contributed by atoms with E-state index in [0.717, 1.165) is 0 Å². The highest BCUT2D eigenvalue weighted by atomic mass is 19.2. The van der Waals surface area contributed by atoms with E-state index in [9.17, 15) is 18.4 Å². The maximum Gasteiger partial charge on any atom is 0.316 e. The number of nitriles is 1. The van der Waals surface area contributed by atoms with Crippen molar-refractivity contribution in [2.24, 2.45) is 5.73 Å². The smallest absolute Gasteiger partial charge is 0.316 e. The molecule has 1 atom stereocenters. The van der Waals surface area contributed by atoms with E-state index in [4.69, 9.17) is 11.0 Å². The summed E-state index contributed by atoms with van der Waals surface area (Å²) in [4.78, 5) is 22.9. The van der Waals surface area contributed by atoms with Crippen molar-refractivity contribution in [1.82, 2.24) is 5.32 Å². The van der Waals surface area contributed by atoms with Crippen LogP contribution in [0, 0.1) is 23.0 Å². The van der Waals surface area contributed by atoms with Gasteiger partial charge in [-0.05, 0) is 12.5 Å². The van der Waals surface area contributed by atoms with Crippen molar-refractivity contribution in [2.45, 2.75) is 25.8 Å². The first-order chi connectivity index (χ1) is 9.88. The maximum absolute atomic E-state index is 13.3. The summed E-state index contributed by atoms with van der Waals surface area (Å²) in [5.41, 5.74) is 4.40. The molecule has 0 saturated heterocycles. The number of hydrogen-bond donors (Lipinski definition) is 3. The van der Waals surface area contributed by atoms with Crippen molar-refractivity contribution in [1.29, 1.82) is 5.26 Å². The molecule has 4 N–H and O–H groups in total. The number of primary amides is 1. The molecule has 0 radical (unpaired) electrons. The Morgan fingerprint density at radius 1 is 1.38 bits per heavy atom. The Kier molecular flexibility index (Phi) is 5.60. The van der Waals surface area contributed by atoms with Crippen LogP contribution in [0.2, 0.25) is 0 Å². The third-order valence-corrected chi connectivity index (χ3v) is 2.73. The zero-order valence-electron chi connectivity index (χ0n) is 11.2. The zero-order chi connectivity index (χ0) is 16.0. The summed E-state index contributed by atoms with van der Waals surface area (Å²) in [5, 5.41) is 13.2. The Balaban J connectivity index is 3.09. The Bertz CT molecular complexity index is 599. The van der Waals surface area contributed by atoms with Gasteiger partial charge in [0.05, 0.1) is 23.7 Å². The molecular formula is C13H14F2N4O2. The number of rotatable bonds is 5. The van der Waals surface area contributed by atoms with Gasteiger partial charge in [0.25, 0.3) is 5.91 Å². The molecular weight excluding hydrogens is 282 g/mol. The van der Waals surface area contributed by atoms with Gasteiger partial charge in [0.1, 0.15) is 0 Å². The Labute approximate surface area is 119 Å². The topological polar surface area (TPSA) is 108 Å². The highest BCUT2D eigenvalue weighted by Gasteiger charge is 2.19. The third kappa shape index (κ3) is 4.42. The van der Waals surface area contributed by atoms with Crippen LogP contribution in [0.25, 0.3) is 0 Å². The van der Waals surface area contributed by atoms with Crippen molar-refractivity contribution in [3.8, 4) is 6.07 Å². The van der Waals surface area contributed by atoms with Crippen LogP contribution in [-0.2, 0) is 0 Å². The van der Waals surface area contributed by atoms with Crippen molar-refractivity contribution >= 4 is 17.6 Å². The van der Waals surface area contributed by atoms with Crippen molar-refractivity contribution in [3.05, 3.63) is 29.3 Å². The summed E-state index contributed by atoms with van der Waals surface area (Å²) in [6.07, 6.45) is 0.562. The standard InChI is InChI=1S/C13H14F2N4O2/c1-2-7(3-4-16)18-12(20)8-5-9(14)10(15)6-11(8)19-13(17)21/h5-7H,2-3H2,1H3,(H,18,20)(H3,17,19,21). The second kappa shape index (κ2) is 7.19. The molecule has 1 aromatic carbocycles. The normalized spacial score (nSPS) is 11.3. The van der Waals surface area contributed by atoms with E-state index in [1.54, 1.807) is 6.92 Å². The molecule has 3 amide bonds. The van der Waals surface area contributed by atoms with E-state index >= 15 is 0 Å². The van der Waals surface area contributed by atoms with E-state index in [2.05, 4.69) is 10.6 Å². The molecule has 0 spiro atoms. The second-order valence-corrected chi connectivity index (χ2v) is 4.24. The van der Waals surface area contributed by atoms with Gasteiger partial charge in [0.2, 0.25) is 0 Å². The molecule has 1 rings (SSSR count). The number of nitrogens with zero attached hydrogens (tertiary/aromatic N) is 1. The molecule has 0 aliphatic heterocycles. The fourth-order valence-electron chi connectivity index (χ4n) is 1.64. The van der Waals surface area contributed by atoms with Crippen LogP contribution < -0.4 is 16.4 Å². The average molecular weight is 296 g/mol. The Morgan fingerprint density at radius 2 is 2.00 bits per heavy atom. The van der Waals surface area contributed by atoms with Crippen molar-refractivity contribution < 1.29 is 18.4 Å². The Morgan fingerprint density at radius 3 is 2.52 bits per heavy atom. The van der Waals surface area contributed by atoms with E-state index in [1.807, 2.05) is 6.07 Å². The largest absolute Gasteiger partial charge is 0.351 e. The summed E-state index contributed by atoms with van der Waals surface area (Å²) < 4.78 is 26.5. The van der Waals surface area contributed by atoms with Crippen molar-refractivity contribution in [2.75, 3.05) is 5.32 Å². The molecule has 0 bridgehead atoms. The summed E-state index contributed by atoms with van der Waals surface area (Å²) in [6, 6.07) is 1.78. The first-order valence-electron chi connectivity index (χ1n) is 6.12. The fraction of sp³-hybridized carbons (Fsp3) is 0.308. The average Bonchev–Trinajstić information content (AvgIpc) is 2.41. The predicted octanol–water partition coefficient (Wildman–Crippen LogP) is 1.88. The van der Waals surface area contributed by atoms with Gasteiger partial charge < -0.3 is 16.4 Å². The van der Waals surface area contributed by atoms with E-state index in [0.29, 0.717) is 18.6 Å². The first kappa shape index (κ1) is 16.4. The van der Waals surface area contributed by atoms with Crippen LogP contribution in [-0.4, -0.2) is 18.0 Å². The van der Waals surface area contributed by atoms with Crippen LogP contribution in [0.1, 0.15) is 30.1 Å². The van der Waals surface area contributed by atoms with Crippen LogP contribution in [0.5, 0.6) is 0 Å². The number of amides is 3. The quantitative estimate of drug-likeness (QED) is 0.771. The zero-order valence-corrected chi connectivity index (χ0v) is 11.2. The van der Waals surface area contributed by atoms with E-state index in [-0.39, 0.29) is 17.7 Å².